The van der Waals surface area contributed by atoms with Gasteiger partial charge in [0.1, 0.15) is 16.8 Å². The topological polar surface area (TPSA) is 63.9 Å². The zero-order chi connectivity index (χ0) is 37.1. The number of amidine groups is 2. The molecule has 0 amide bonds. The summed E-state index contributed by atoms with van der Waals surface area (Å²) in [5.41, 5.74) is 22.2. The molecule has 2 N–H and O–H groups in total. The largest absolute Gasteiger partial charge is 0.456 e. The molecule has 0 saturated heterocycles. The Hall–Kier alpha value is -7.04. The van der Waals surface area contributed by atoms with Crippen molar-refractivity contribution in [3.05, 3.63) is 214 Å². The first-order valence-electron chi connectivity index (χ1n) is 18.7. The zero-order valence-electron chi connectivity index (χ0n) is 30.6. The molecule has 0 atom stereocenters. The van der Waals surface area contributed by atoms with E-state index in [1.54, 1.807) is 0 Å². The van der Waals surface area contributed by atoms with Crippen LogP contribution in [-0.2, 0) is 13.0 Å². The summed E-state index contributed by atoms with van der Waals surface area (Å²) in [5.74, 6) is 1.02. The predicted molar refractivity (Wildman–Crippen MR) is 228 cm³/mol. The monoisotopic (exact) mass is 709 g/mol. The fourth-order valence-corrected chi connectivity index (χ4v) is 7.53. The van der Waals surface area contributed by atoms with Crippen LogP contribution in [0.2, 0.25) is 0 Å². The molecule has 0 bridgehead atoms. The number of nitrogens with zero attached hydrogens (tertiary/aromatic N) is 2. The van der Waals surface area contributed by atoms with Crippen LogP contribution in [0, 0.1) is 6.92 Å². The first-order chi connectivity index (χ1) is 27.1. The van der Waals surface area contributed by atoms with E-state index in [4.69, 9.17) is 20.1 Å². The molecular formula is C51H39N3O. The summed E-state index contributed by atoms with van der Waals surface area (Å²) in [5, 5.41) is 2.28. The van der Waals surface area contributed by atoms with E-state index in [0.717, 1.165) is 39.5 Å². The molecule has 1 aliphatic carbocycles. The fourth-order valence-electron chi connectivity index (χ4n) is 7.53. The lowest BCUT2D eigenvalue weighted by atomic mass is 9.86. The van der Waals surface area contributed by atoms with E-state index in [1.165, 1.54) is 55.3 Å². The maximum atomic E-state index is 6.51. The molecule has 0 spiro atoms. The smallest absolute Gasteiger partial charge is 0.157 e. The van der Waals surface area contributed by atoms with Crippen molar-refractivity contribution in [3.63, 3.8) is 0 Å². The molecule has 1 aliphatic rings. The van der Waals surface area contributed by atoms with E-state index in [2.05, 4.69) is 122 Å². The van der Waals surface area contributed by atoms with Gasteiger partial charge in [-0.15, -0.1) is 0 Å². The van der Waals surface area contributed by atoms with Gasteiger partial charge in [0.05, 0.1) is 6.54 Å². The number of nitrogens with two attached hydrogens (primary N) is 1. The Morgan fingerprint density at radius 2 is 1.16 bits per heavy atom. The predicted octanol–water partition coefficient (Wildman–Crippen LogP) is 10.3. The molecule has 8 aromatic rings. The molecular weight excluding hydrogens is 671 g/mol. The van der Waals surface area contributed by atoms with E-state index in [0.29, 0.717) is 18.2 Å². The van der Waals surface area contributed by atoms with Crippen molar-refractivity contribution < 1.29 is 4.42 Å². The molecule has 0 saturated carbocycles. The van der Waals surface area contributed by atoms with Crippen LogP contribution < -0.4 is 16.4 Å². The highest BCUT2D eigenvalue weighted by atomic mass is 16.3. The molecule has 4 heteroatoms. The molecule has 7 aromatic carbocycles. The molecule has 4 nitrogen and oxygen atoms in total. The van der Waals surface area contributed by atoms with Gasteiger partial charge >= 0.3 is 0 Å². The van der Waals surface area contributed by atoms with Crippen LogP contribution in [0.15, 0.2) is 190 Å². The highest BCUT2D eigenvalue weighted by molar-refractivity contribution is 6.11. The lowest BCUT2D eigenvalue weighted by Crippen LogP contribution is -2.32. The number of rotatable bonds is 9. The highest BCUT2D eigenvalue weighted by Gasteiger charge is 2.20. The number of hydrogen-bond acceptors (Lipinski definition) is 2. The molecule has 0 fully saturated rings. The Balaban J connectivity index is 1.13. The van der Waals surface area contributed by atoms with Crippen LogP contribution >= 0.6 is 0 Å². The van der Waals surface area contributed by atoms with Crippen molar-refractivity contribution >= 4 is 34.3 Å². The minimum Gasteiger partial charge on any atom is -0.456 e. The van der Waals surface area contributed by atoms with E-state index in [9.17, 15) is 0 Å². The third-order valence-electron chi connectivity index (χ3n) is 10.4. The Kier molecular flexibility index (Phi) is 9.07. The Morgan fingerprint density at radius 3 is 1.84 bits per heavy atom. The van der Waals surface area contributed by atoms with Gasteiger partial charge in [-0.2, -0.15) is 0 Å². The van der Waals surface area contributed by atoms with Gasteiger partial charge in [-0.25, -0.2) is 4.99 Å². The summed E-state index contributed by atoms with van der Waals surface area (Å²) in [6, 6.07) is 61.1. The standard InChI is InChI=1S/C51H39N3O/c1-34-25-26-39(35-15-6-2-7-16-35)30-44(34)45-31-40(36-17-8-3-9-18-36)27-28-41(45)29-43-32-47-49(43)48-42(23-14-24-46(48)55-47)33-53-51(38-21-12-5-13-22-38)54-50(52)37-19-10-4-11-20-37/h2-28,30-32H,29,33H2,1H3,(H2,52,53,54). The average Bonchev–Trinajstić information content (AvgIpc) is 3.54. The van der Waals surface area contributed by atoms with E-state index in [-0.39, 0.29) is 0 Å². The molecule has 1 heterocycles. The van der Waals surface area contributed by atoms with Crippen molar-refractivity contribution in [2.24, 2.45) is 15.7 Å². The number of benzene rings is 7. The van der Waals surface area contributed by atoms with Crippen molar-refractivity contribution in [3.8, 4) is 33.4 Å². The maximum Gasteiger partial charge on any atom is 0.157 e. The van der Waals surface area contributed by atoms with E-state index < -0.39 is 0 Å². The second kappa shape index (κ2) is 14.8. The lowest BCUT2D eigenvalue weighted by molar-refractivity contribution is 0.572. The summed E-state index contributed by atoms with van der Waals surface area (Å²) in [7, 11) is 0. The van der Waals surface area contributed by atoms with Crippen LogP contribution in [0.1, 0.15) is 27.8 Å². The van der Waals surface area contributed by atoms with Gasteiger partial charge in [0, 0.05) is 21.7 Å². The molecule has 1 aromatic heterocycles. The number of furan rings is 1. The second-order valence-corrected chi connectivity index (χ2v) is 14.0. The van der Waals surface area contributed by atoms with Crippen LogP contribution in [0.5, 0.6) is 0 Å². The van der Waals surface area contributed by atoms with E-state index in [1.807, 2.05) is 66.7 Å². The third kappa shape index (κ3) is 6.82. The summed E-state index contributed by atoms with van der Waals surface area (Å²) in [6.07, 6.45) is 2.97. The van der Waals surface area contributed by atoms with Crippen LogP contribution in [0.25, 0.3) is 56.0 Å². The van der Waals surface area contributed by atoms with Gasteiger partial charge in [0.25, 0.3) is 0 Å². The maximum absolute atomic E-state index is 6.51. The van der Waals surface area contributed by atoms with Crippen molar-refractivity contribution in [2.75, 3.05) is 0 Å². The Morgan fingerprint density at radius 1 is 0.564 bits per heavy atom. The van der Waals surface area contributed by atoms with Gasteiger partial charge in [-0.3, -0.25) is 4.99 Å². The van der Waals surface area contributed by atoms with Crippen molar-refractivity contribution in [1.29, 1.82) is 0 Å². The minimum atomic E-state index is 0.425. The summed E-state index contributed by atoms with van der Waals surface area (Å²) in [4.78, 5) is 9.92. The third-order valence-corrected chi connectivity index (χ3v) is 10.4. The molecule has 9 rings (SSSR count). The molecule has 264 valence electrons. The molecule has 0 unspecified atom stereocenters. The number of hydrogen-bond donors (Lipinski definition) is 1. The SMILES string of the molecule is Cc1ccc(-c2ccccc2)cc1-c1cc(-c2ccccc2)ccc1CC1=c2c(oc3cccc(CN=C(N=C(N)c4ccccc4)c4ccccc4)c23)=C1. The van der Waals surface area contributed by atoms with Crippen LogP contribution in [0.3, 0.4) is 0 Å². The fraction of sp³-hybridized carbons (Fsp3) is 0.0588. The quantitative estimate of drug-likeness (QED) is 0.120. The summed E-state index contributed by atoms with van der Waals surface area (Å²) >= 11 is 0. The minimum absolute atomic E-state index is 0.425. The molecule has 0 aliphatic heterocycles. The van der Waals surface area contributed by atoms with Crippen molar-refractivity contribution in [1.82, 2.24) is 0 Å². The zero-order valence-corrected chi connectivity index (χ0v) is 30.6. The van der Waals surface area contributed by atoms with Gasteiger partial charge in [-0.1, -0.05) is 158 Å². The van der Waals surface area contributed by atoms with Gasteiger partial charge in [-0.05, 0) is 93.3 Å². The number of aryl methyl sites for hydroxylation is 1. The second-order valence-electron chi connectivity index (χ2n) is 14.0. The average molecular weight is 710 g/mol. The first-order valence-corrected chi connectivity index (χ1v) is 18.7. The van der Waals surface area contributed by atoms with E-state index >= 15 is 0 Å². The molecule has 55 heavy (non-hydrogen) atoms. The van der Waals surface area contributed by atoms with Gasteiger partial charge in [0.2, 0.25) is 0 Å². The Bertz CT molecular complexity index is 2850. The summed E-state index contributed by atoms with van der Waals surface area (Å²) in [6.45, 7) is 2.64. The normalized spacial score (nSPS) is 12.6. The molecule has 0 radical (unpaired) electrons. The number of fused-ring (bicyclic) bond motifs is 3. The first kappa shape index (κ1) is 33.8. The summed E-state index contributed by atoms with van der Waals surface area (Å²) < 4.78 is 6.41. The number of aliphatic imine (C=N–C) groups is 2. The highest BCUT2D eigenvalue weighted by Crippen LogP contribution is 2.36. The van der Waals surface area contributed by atoms with Crippen LogP contribution in [0.4, 0.5) is 0 Å². The lowest BCUT2D eigenvalue weighted by Gasteiger charge is -2.17. The van der Waals surface area contributed by atoms with Crippen molar-refractivity contribution in [2.45, 2.75) is 19.9 Å². The van der Waals surface area contributed by atoms with Gasteiger partial charge < -0.3 is 10.2 Å². The Labute approximate surface area is 321 Å². The van der Waals surface area contributed by atoms with Crippen LogP contribution in [-0.4, -0.2) is 11.7 Å². The van der Waals surface area contributed by atoms with Gasteiger partial charge in [0.15, 0.2) is 5.84 Å².